The van der Waals surface area contributed by atoms with Crippen molar-refractivity contribution in [3.63, 3.8) is 0 Å². The van der Waals surface area contributed by atoms with E-state index in [1.165, 1.54) is 49.3 Å². The summed E-state index contributed by atoms with van der Waals surface area (Å²) in [5.74, 6) is 0.578. The molecule has 0 bridgehead atoms. The molecule has 0 aliphatic carbocycles. The Morgan fingerprint density at radius 3 is 1.91 bits per heavy atom. The lowest BCUT2D eigenvalue weighted by Crippen LogP contribution is -2.32. The Morgan fingerprint density at radius 1 is 0.909 bits per heavy atom. The van der Waals surface area contributed by atoms with Crippen LogP contribution in [0.5, 0.6) is 0 Å². The second-order valence-electron chi connectivity index (χ2n) is 5.86. The fourth-order valence-electron chi connectivity index (χ4n) is 3.18. The number of nitrogens with zero attached hydrogens (tertiary/aromatic N) is 3. The van der Waals surface area contributed by atoms with Crippen LogP contribution in [0.25, 0.3) is 0 Å². The van der Waals surface area contributed by atoms with Gasteiger partial charge in [0.25, 0.3) is 0 Å². The Bertz CT molecular complexity index is 388. The normalized spacial score (nSPS) is 15.0. The van der Waals surface area contributed by atoms with Gasteiger partial charge in [-0.15, -0.1) is 0 Å². The van der Waals surface area contributed by atoms with Gasteiger partial charge in [-0.1, -0.05) is 48.0 Å². The molecule has 3 nitrogen and oxygen atoms in total. The summed E-state index contributed by atoms with van der Waals surface area (Å²) in [5, 5.41) is 4.71. The average molecular weight is 310 g/mol. The third-order valence-corrected chi connectivity index (χ3v) is 4.09. The van der Waals surface area contributed by atoms with Crippen LogP contribution in [0.15, 0.2) is 0 Å². The maximum atomic E-state index is 4.71. The lowest BCUT2D eigenvalue weighted by atomic mass is 10.0. The van der Waals surface area contributed by atoms with Gasteiger partial charge in [-0.3, -0.25) is 4.68 Å². The van der Waals surface area contributed by atoms with Gasteiger partial charge in [0.2, 0.25) is 0 Å². The van der Waals surface area contributed by atoms with E-state index >= 15 is 0 Å². The smallest absolute Gasteiger partial charge is 0.0631 e. The summed E-state index contributed by atoms with van der Waals surface area (Å²) in [7, 11) is 0. The van der Waals surface area contributed by atoms with Crippen LogP contribution in [0.1, 0.15) is 83.7 Å². The summed E-state index contributed by atoms with van der Waals surface area (Å²) in [6, 6.07) is 0. The maximum Gasteiger partial charge on any atom is 0.0631 e. The summed E-state index contributed by atoms with van der Waals surface area (Å²) in [6.07, 6.45) is 4.15. The van der Waals surface area contributed by atoms with E-state index in [9.17, 15) is 0 Å². The molecule has 130 valence electrons. The molecule has 1 aromatic rings. The van der Waals surface area contributed by atoms with Crippen LogP contribution in [0.2, 0.25) is 0 Å². The Balaban J connectivity index is 0.00000102. The highest BCUT2D eigenvalue weighted by Crippen LogP contribution is 2.22. The third-order valence-electron chi connectivity index (χ3n) is 4.09. The van der Waals surface area contributed by atoms with Crippen molar-refractivity contribution in [1.29, 1.82) is 0 Å². The van der Waals surface area contributed by atoms with Crippen molar-refractivity contribution in [1.82, 2.24) is 14.7 Å². The van der Waals surface area contributed by atoms with Crippen LogP contribution < -0.4 is 0 Å². The number of hydrogen-bond acceptors (Lipinski definition) is 2. The molecule has 0 unspecified atom stereocenters. The first-order valence-corrected chi connectivity index (χ1v) is 9.36. The zero-order valence-corrected chi connectivity index (χ0v) is 16.4. The number of piperidine rings is 1. The lowest BCUT2D eigenvalue weighted by Gasteiger charge is -2.26. The largest absolute Gasteiger partial charge is 0.301 e. The van der Waals surface area contributed by atoms with Crippen molar-refractivity contribution >= 4 is 0 Å². The molecule has 22 heavy (non-hydrogen) atoms. The highest BCUT2D eigenvalue weighted by atomic mass is 15.3. The van der Waals surface area contributed by atoms with Gasteiger partial charge in [0.1, 0.15) is 0 Å². The average Bonchev–Trinajstić information content (AvgIpc) is 2.84. The minimum atomic E-state index is 0.578. The van der Waals surface area contributed by atoms with Gasteiger partial charge in [0, 0.05) is 12.2 Å². The van der Waals surface area contributed by atoms with E-state index in [4.69, 9.17) is 5.10 Å². The molecule has 0 aromatic carbocycles. The quantitative estimate of drug-likeness (QED) is 0.766. The van der Waals surface area contributed by atoms with Crippen molar-refractivity contribution in [3.8, 4) is 0 Å². The van der Waals surface area contributed by atoms with Crippen LogP contribution in [0.3, 0.4) is 0 Å². The van der Waals surface area contributed by atoms with E-state index in [0.717, 1.165) is 13.1 Å². The lowest BCUT2D eigenvalue weighted by molar-refractivity contribution is 0.217. The monoisotopic (exact) mass is 309 g/mol. The van der Waals surface area contributed by atoms with Crippen molar-refractivity contribution in [2.45, 2.75) is 87.1 Å². The molecule has 0 spiro atoms. The molecule has 3 heteroatoms. The molecule has 1 fully saturated rings. The summed E-state index contributed by atoms with van der Waals surface area (Å²) in [4.78, 5) is 2.58. The number of rotatable bonds is 4. The number of hydrogen-bond donors (Lipinski definition) is 0. The van der Waals surface area contributed by atoms with Gasteiger partial charge in [-0.05, 0) is 51.3 Å². The van der Waals surface area contributed by atoms with E-state index in [1.54, 1.807) is 0 Å². The number of likely N-dealkylation sites (tertiary alicyclic amines) is 1. The van der Waals surface area contributed by atoms with Crippen LogP contribution in [0, 0.1) is 13.8 Å². The number of aromatic nitrogens is 2. The van der Waals surface area contributed by atoms with Gasteiger partial charge >= 0.3 is 0 Å². The van der Waals surface area contributed by atoms with Gasteiger partial charge < -0.3 is 4.90 Å². The van der Waals surface area contributed by atoms with Crippen molar-refractivity contribution in [2.24, 2.45) is 0 Å². The van der Waals surface area contributed by atoms with Crippen LogP contribution >= 0.6 is 0 Å². The Kier molecular flexibility index (Phi) is 11.3. The van der Waals surface area contributed by atoms with Crippen LogP contribution in [0.4, 0.5) is 0 Å². The zero-order chi connectivity index (χ0) is 17.1. The predicted octanol–water partition coefficient (Wildman–Crippen LogP) is 5.16. The first-order chi connectivity index (χ1) is 10.6. The molecule has 1 aliphatic rings. The molecule has 0 radical (unpaired) electrons. The minimum absolute atomic E-state index is 0.578. The first kappa shape index (κ1) is 21.2. The van der Waals surface area contributed by atoms with Gasteiger partial charge in [0.15, 0.2) is 0 Å². The van der Waals surface area contributed by atoms with Crippen molar-refractivity contribution in [3.05, 3.63) is 17.0 Å². The Hall–Kier alpha value is -0.830. The Morgan fingerprint density at radius 2 is 1.45 bits per heavy atom. The molecule has 1 aliphatic heterocycles. The number of aryl methyl sites for hydroxylation is 1. The molecular formula is C19H39N3. The summed E-state index contributed by atoms with van der Waals surface area (Å²) < 4.78 is 2.21. The summed E-state index contributed by atoms with van der Waals surface area (Å²) in [6.45, 7) is 21.6. The second-order valence-corrected chi connectivity index (χ2v) is 5.86. The summed E-state index contributed by atoms with van der Waals surface area (Å²) in [5.41, 5.74) is 4.01. The molecule has 0 saturated carbocycles. The minimum Gasteiger partial charge on any atom is -0.301 e. The molecule has 0 N–H and O–H groups in total. The molecular weight excluding hydrogens is 270 g/mol. The molecule has 2 heterocycles. The van der Waals surface area contributed by atoms with Gasteiger partial charge in [-0.25, -0.2) is 0 Å². The third kappa shape index (κ3) is 6.12. The predicted molar refractivity (Wildman–Crippen MR) is 98.8 cm³/mol. The SMILES string of the molecule is CC.CC.Cc1nn(CCN2CCCCC2)c(C)c1C(C)C. The van der Waals surface area contributed by atoms with Gasteiger partial charge in [0.05, 0.1) is 12.2 Å². The second kappa shape index (κ2) is 11.7. The van der Waals surface area contributed by atoms with Crippen molar-refractivity contribution < 1.29 is 0 Å². The molecule has 2 rings (SSSR count). The van der Waals surface area contributed by atoms with E-state index in [-0.39, 0.29) is 0 Å². The fraction of sp³-hybridized carbons (Fsp3) is 0.842. The van der Waals surface area contributed by atoms with Crippen molar-refractivity contribution in [2.75, 3.05) is 19.6 Å². The first-order valence-electron chi connectivity index (χ1n) is 9.36. The standard InChI is InChI=1S/C15H27N3.2C2H6/c1-12(2)15-13(3)16-18(14(15)4)11-10-17-8-6-5-7-9-17;2*1-2/h12H,5-11H2,1-4H3;2*1-2H3. The highest BCUT2D eigenvalue weighted by molar-refractivity contribution is 5.27. The molecule has 0 amide bonds. The Labute approximate surface area is 139 Å². The molecule has 1 saturated heterocycles. The fourth-order valence-corrected chi connectivity index (χ4v) is 3.18. The van der Waals surface area contributed by atoms with E-state index in [0.29, 0.717) is 5.92 Å². The highest BCUT2D eigenvalue weighted by Gasteiger charge is 2.15. The van der Waals surface area contributed by atoms with Crippen LogP contribution in [-0.4, -0.2) is 34.3 Å². The van der Waals surface area contributed by atoms with E-state index < -0.39 is 0 Å². The van der Waals surface area contributed by atoms with Gasteiger partial charge in [-0.2, -0.15) is 5.10 Å². The molecule has 0 atom stereocenters. The topological polar surface area (TPSA) is 21.1 Å². The molecule has 1 aromatic heterocycles. The summed E-state index contributed by atoms with van der Waals surface area (Å²) >= 11 is 0. The van der Waals surface area contributed by atoms with E-state index in [2.05, 4.69) is 37.3 Å². The zero-order valence-electron chi connectivity index (χ0n) is 16.4. The van der Waals surface area contributed by atoms with E-state index in [1.807, 2.05) is 27.7 Å². The van der Waals surface area contributed by atoms with Crippen LogP contribution in [-0.2, 0) is 6.54 Å². The maximum absolute atomic E-state index is 4.71.